The molecule has 2 rings (SSSR count). The van der Waals surface area contributed by atoms with Crippen LogP contribution in [0.4, 0.5) is 5.69 Å². The van der Waals surface area contributed by atoms with E-state index in [1.54, 1.807) is 18.2 Å². The van der Waals surface area contributed by atoms with Crippen molar-refractivity contribution >= 4 is 62.1 Å². The fraction of sp³-hybridized carbons (Fsp3) is 0.167. The van der Waals surface area contributed by atoms with Gasteiger partial charge in [-0.15, -0.1) is 22.9 Å². The molecule has 0 atom stereocenters. The van der Waals surface area contributed by atoms with Crippen LogP contribution in [0.25, 0.3) is 0 Å². The third-order valence-electron chi connectivity index (χ3n) is 2.25. The Labute approximate surface area is 133 Å². The number of anilines is 1. The van der Waals surface area contributed by atoms with E-state index in [-0.39, 0.29) is 12.3 Å². The topological polar surface area (TPSA) is 42.0 Å². The molecule has 0 aliphatic heterocycles. The molecule has 0 saturated heterocycles. The van der Waals surface area contributed by atoms with Crippen molar-refractivity contribution in [3.05, 3.63) is 43.8 Å². The molecule has 7 heteroatoms. The van der Waals surface area contributed by atoms with Gasteiger partial charge in [0, 0.05) is 15.5 Å². The predicted octanol–water partition coefficient (Wildman–Crippen LogP) is 4.48. The van der Waals surface area contributed by atoms with Crippen LogP contribution in [0.5, 0.6) is 0 Å². The molecular formula is C12H9BrCl2N2OS. The minimum absolute atomic E-state index is 0.131. The van der Waals surface area contributed by atoms with Crippen molar-refractivity contribution in [2.75, 3.05) is 5.32 Å². The molecular weight excluding hydrogens is 371 g/mol. The second-order valence-electron chi connectivity index (χ2n) is 3.72. The highest BCUT2D eigenvalue weighted by molar-refractivity contribution is 9.10. The van der Waals surface area contributed by atoms with Crippen LogP contribution >= 0.6 is 50.5 Å². The molecule has 0 bridgehead atoms. The molecule has 0 radical (unpaired) electrons. The van der Waals surface area contributed by atoms with Crippen LogP contribution in [0.15, 0.2) is 28.1 Å². The molecule has 2 aromatic rings. The molecule has 0 fully saturated rings. The van der Waals surface area contributed by atoms with Gasteiger partial charge in [0.25, 0.3) is 0 Å². The number of hydrogen-bond acceptors (Lipinski definition) is 3. The smallest absolute Gasteiger partial charge is 0.231 e. The fourth-order valence-corrected chi connectivity index (χ4v) is 2.86. The van der Waals surface area contributed by atoms with Gasteiger partial charge in [0.1, 0.15) is 5.01 Å². The van der Waals surface area contributed by atoms with Crippen molar-refractivity contribution in [3.63, 3.8) is 0 Å². The van der Waals surface area contributed by atoms with Gasteiger partial charge in [0.2, 0.25) is 5.91 Å². The molecule has 19 heavy (non-hydrogen) atoms. The molecule has 1 heterocycles. The Kier molecular flexibility index (Phi) is 5.21. The van der Waals surface area contributed by atoms with Crippen molar-refractivity contribution in [2.24, 2.45) is 0 Å². The average molecular weight is 380 g/mol. The van der Waals surface area contributed by atoms with Gasteiger partial charge in [-0.3, -0.25) is 4.79 Å². The van der Waals surface area contributed by atoms with E-state index in [1.165, 1.54) is 11.3 Å². The van der Waals surface area contributed by atoms with Gasteiger partial charge in [-0.2, -0.15) is 0 Å². The molecule has 0 aliphatic carbocycles. The first-order valence-electron chi connectivity index (χ1n) is 5.32. The molecule has 1 amide bonds. The first-order chi connectivity index (χ1) is 9.08. The van der Waals surface area contributed by atoms with E-state index in [9.17, 15) is 4.79 Å². The number of alkyl halides is 1. The van der Waals surface area contributed by atoms with Crippen LogP contribution in [0.1, 0.15) is 10.7 Å². The van der Waals surface area contributed by atoms with Crippen molar-refractivity contribution in [1.29, 1.82) is 0 Å². The number of carbonyl (C=O) groups is 1. The van der Waals surface area contributed by atoms with Gasteiger partial charge in [-0.25, -0.2) is 4.98 Å². The maximum atomic E-state index is 11.8. The Morgan fingerprint density at radius 3 is 2.89 bits per heavy atom. The van der Waals surface area contributed by atoms with Crippen LogP contribution in [-0.4, -0.2) is 10.9 Å². The Bertz CT molecular complexity index is 603. The van der Waals surface area contributed by atoms with Gasteiger partial charge >= 0.3 is 0 Å². The summed E-state index contributed by atoms with van der Waals surface area (Å²) < 4.78 is 0.791. The molecule has 0 saturated carbocycles. The van der Waals surface area contributed by atoms with Crippen molar-refractivity contribution in [3.8, 4) is 0 Å². The van der Waals surface area contributed by atoms with Crippen molar-refractivity contribution in [1.82, 2.24) is 4.98 Å². The minimum Gasteiger partial charge on any atom is -0.326 e. The lowest BCUT2D eigenvalue weighted by molar-refractivity contribution is -0.115. The molecule has 100 valence electrons. The molecule has 1 aromatic carbocycles. The van der Waals surface area contributed by atoms with E-state index in [0.29, 0.717) is 16.6 Å². The maximum absolute atomic E-state index is 11.8. The number of thiazole rings is 1. The normalized spacial score (nSPS) is 10.5. The number of hydrogen-bond donors (Lipinski definition) is 1. The monoisotopic (exact) mass is 378 g/mol. The second-order valence-corrected chi connectivity index (χ2v) is 6.19. The summed E-state index contributed by atoms with van der Waals surface area (Å²) in [5.41, 5.74) is 1.45. The molecule has 3 nitrogen and oxygen atoms in total. The first kappa shape index (κ1) is 14.8. The molecule has 1 aromatic heterocycles. The Balaban J connectivity index is 1.98. The number of benzene rings is 1. The lowest BCUT2D eigenvalue weighted by atomic mass is 10.3. The number of carbonyl (C=O) groups excluding carboxylic acids is 1. The van der Waals surface area contributed by atoms with Crippen molar-refractivity contribution < 1.29 is 4.79 Å². The number of halogens is 3. The van der Waals surface area contributed by atoms with E-state index in [4.69, 9.17) is 23.2 Å². The lowest BCUT2D eigenvalue weighted by Crippen LogP contribution is -2.14. The predicted molar refractivity (Wildman–Crippen MR) is 83.2 cm³/mol. The summed E-state index contributed by atoms with van der Waals surface area (Å²) in [6.45, 7) is 0. The Morgan fingerprint density at radius 2 is 2.26 bits per heavy atom. The van der Waals surface area contributed by atoms with Gasteiger partial charge in [-0.05, 0) is 34.1 Å². The number of amides is 1. The number of rotatable bonds is 4. The van der Waals surface area contributed by atoms with Crippen LogP contribution in [-0.2, 0) is 17.1 Å². The highest BCUT2D eigenvalue weighted by Crippen LogP contribution is 2.25. The van der Waals surface area contributed by atoms with E-state index >= 15 is 0 Å². The molecule has 0 unspecified atom stereocenters. The highest BCUT2D eigenvalue weighted by Gasteiger charge is 2.09. The average Bonchev–Trinajstić information content (AvgIpc) is 2.81. The van der Waals surface area contributed by atoms with Crippen LogP contribution in [0, 0.1) is 0 Å². The number of aromatic nitrogens is 1. The SMILES string of the molecule is O=C(Cc1nc(CCl)cs1)Nc1ccc(Br)c(Cl)c1. The van der Waals surface area contributed by atoms with E-state index in [1.807, 2.05) is 5.38 Å². The third-order valence-corrected chi connectivity index (χ3v) is 4.66. The number of nitrogens with zero attached hydrogens (tertiary/aromatic N) is 1. The first-order valence-corrected chi connectivity index (χ1v) is 7.91. The summed E-state index contributed by atoms with van der Waals surface area (Å²) >= 11 is 16.3. The quantitative estimate of drug-likeness (QED) is 0.795. The summed E-state index contributed by atoms with van der Waals surface area (Å²) in [6.07, 6.45) is 0.231. The molecule has 0 spiro atoms. The van der Waals surface area contributed by atoms with Gasteiger partial charge in [0.05, 0.1) is 23.0 Å². The number of nitrogens with one attached hydrogen (secondary N) is 1. The van der Waals surface area contributed by atoms with Crippen LogP contribution in [0.2, 0.25) is 5.02 Å². The van der Waals surface area contributed by atoms with E-state index < -0.39 is 0 Å². The summed E-state index contributed by atoms with van der Waals surface area (Å²) in [7, 11) is 0. The molecule has 0 aliphatic rings. The third kappa shape index (κ3) is 4.18. The fourth-order valence-electron chi connectivity index (χ4n) is 1.41. The zero-order valence-corrected chi connectivity index (χ0v) is 13.5. The zero-order chi connectivity index (χ0) is 13.8. The summed E-state index contributed by atoms with van der Waals surface area (Å²) in [4.78, 5) is 16.1. The minimum atomic E-state index is -0.131. The summed E-state index contributed by atoms with van der Waals surface area (Å²) in [5.74, 6) is 0.231. The Hall–Kier alpha value is -0.620. The second kappa shape index (κ2) is 6.70. The Morgan fingerprint density at radius 1 is 1.47 bits per heavy atom. The van der Waals surface area contributed by atoms with E-state index in [0.717, 1.165) is 15.2 Å². The largest absolute Gasteiger partial charge is 0.326 e. The standard InChI is InChI=1S/C12H9BrCl2N2OS/c13-9-2-1-7(3-10(9)15)16-11(18)4-12-17-8(5-14)6-19-12/h1-3,6H,4-5H2,(H,16,18). The van der Waals surface area contributed by atoms with Gasteiger partial charge in [-0.1, -0.05) is 11.6 Å². The summed E-state index contributed by atoms with van der Waals surface area (Å²) in [5, 5.41) is 5.93. The maximum Gasteiger partial charge on any atom is 0.231 e. The van der Waals surface area contributed by atoms with Crippen molar-refractivity contribution in [2.45, 2.75) is 12.3 Å². The van der Waals surface area contributed by atoms with Gasteiger partial charge < -0.3 is 5.32 Å². The zero-order valence-electron chi connectivity index (χ0n) is 9.62. The lowest BCUT2D eigenvalue weighted by Gasteiger charge is -2.05. The van der Waals surface area contributed by atoms with Crippen LogP contribution in [0.3, 0.4) is 0 Å². The highest BCUT2D eigenvalue weighted by atomic mass is 79.9. The van der Waals surface area contributed by atoms with Gasteiger partial charge in [0.15, 0.2) is 0 Å². The molecule has 1 N–H and O–H groups in total. The summed E-state index contributed by atoms with van der Waals surface area (Å²) in [6, 6.07) is 5.25. The van der Waals surface area contributed by atoms with E-state index in [2.05, 4.69) is 26.2 Å². The van der Waals surface area contributed by atoms with Crippen LogP contribution < -0.4 is 5.32 Å².